The maximum absolute atomic E-state index is 13.4. The molecular formula is C24H16BrN6O5+. The third-order valence-corrected chi connectivity index (χ3v) is 5.49. The normalized spacial score (nSPS) is 11.1. The average molecular weight is 548 g/mol. The summed E-state index contributed by atoms with van der Waals surface area (Å²) >= 11 is 3.39. The molecule has 11 nitrogen and oxygen atoms in total. The molecule has 0 spiro atoms. The number of rotatable bonds is 7. The minimum atomic E-state index is -0.558. The number of nitrogens with zero attached hydrogens (tertiary/aromatic N) is 5. The SMILES string of the molecule is O=C(C(=NNc1ccc([N+](=O)[O-])cc1)[n+]1cccc(-c2ccc(Br)cc2)n1)c1ccc([N+](=O)[O-])cc1. The van der Waals surface area contributed by atoms with Crippen molar-refractivity contribution in [1.82, 2.24) is 5.10 Å². The van der Waals surface area contributed by atoms with Crippen LogP contribution in [0, 0.1) is 20.2 Å². The second kappa shape index (κ2) is 10.6. The molecule has 4 rings (SSSR count). The van der Waals surface area contributed by atoms with Gasteiger partial charge in [0.15, 0.2) is 0 Å². The number of hydrogen-bond acceptors (Lipinski definition) is 8. The Kier molecular flexibility index (Phi) is 7.16. The van der Waals surface area contributed by atoms with Crippen molar-refractivity contribution in [3.05, 3.63) is 121 Å². The first-order valence-electron chi connectivity index (χ1n) is 10.3. The van der Waals surface area contributed by atoms with Crippen molar-refractivity contribution in [2.45, 2.75) is 0 Å². The predicted molar refractivity (Wildman–Crippen MR) is 135 cm³/mol. The van der Waals surface area contributed by atoms with Gasteiger partial charge in [0, 0.05) is 39.9 Å². The molecule has 0 aliphatic carbocycles. The molecule has 0 bridgehead atoms. The van der Waals surface area contributed by atoms with Crippen LogP contribution in [0.5, 0.6) is 0 Å². The fourth-order valence-electron chi connectivity index (χ4n) is 3.14. The number of anilines is 1. The Balaban J connectivity index is 1.73. The van der Waals surface area contributed by atoms with Gasteiger partial charge in [-0.1, -0.05) is 37.8 Å². The first-order chi connectivity index (χ1) is 17.3. The molecule has 12 heteroatoms. The Bertz CT molecular complexity index is 1470. The van der Waals surface area contributed by atoms with Crippen molar-refractivity contribution in [3.8, 4) is 11.3 Å². The summed E-state index contributed by atoms with van der Waals surface area (Å²) in [5.41, 5.74) is 4.42. The van der Waals surface area contributed by atoms with E-state index in [0.29, 0.717) is 11.4 Å². The van der Waals surface area contributed by atoms with Crippen LogP contribution in [0.3, 0.4) is 0 Å². The van der Waals surface area contributed by atoms with E-state index >= 15 is 0 Å². The minimum absolute atomic E-state index is 0.0926. The highest BCUT2D eigenvalue weighted by atomic mass is 79.9. The lowest BCUT2D eigenvalue weighted by atomic mass is 10.1. The van der Waals surface area contributed by atoms with Crippen molar-refractivity contribution < 1.29 is 19.3 Å². The number of ketones is 1. The molecule has 0 aliphatic rings. The van der Waals surface area contributed by atoms with Crippen LogP contribution in [0.25, 0.3) is 11.3 Å². The van der Waals surface area contributed by atoms with Crippen LogP contribution in [-0.2, 0) is 0 Å². The lowest BCUT2D eigenvalue weighted by molar-refractivity contribution is -0.618. The highest BCUT2D eigenvalue weighted by molar-refractivity contribution is 9.10. The quantitative estimate of drug-likeness (QED) is 0.0875. The summed E-state index contributed by atoms with van der Waals surface area (Å²) in [6.45, 7) is 0. The van der Waals surface area contributed by atoms with Gasteiger partial charge >= 0.3 is 5.84 Å². The van der Waals surface area contributed by atoms with Crippen LogP contribution < -0.4 is 10.1 Å². The zero-order chi connectivity index (χ0) is 25.7. The molecule has 0 saturated carbocycles. The number of hydrazone groups is 1. The highest BCUT2D eigenvalue weighted by Gasteiger charge is 2.28. The first kappa shape index (κ1) is 24.3. The number of aromatic nitrogens is 2. The Morgan fingerprint density at radius 1 is 0.861 bits per heavy atom. The van der Waals surface area contributed by atoms with Crippen LogP contribution in [0.15, 0.2) is 101 Å². The number of nitro benzene ring substituents is 2. The number of benzene rings is 3. The Hall–Kier alpha value is -4.84. The number of carbonyl (C=O) groups excluding carboxylic acids is 1. The predicted octanol–water partition coefficient (Wildman–Crippen LogP) is 4.77. The molecule has 178 valence electrons. The summed E-state index contributed by atoms with van der Waals surface area (Å²) < 4.78 is 2.19. The molecule has 3 aromatic carbocycles. The zero-order valence-corrected chi connectivity index (χ0v) is 19.9. The van der Waals surface area contributed by atoms with E-state index in [1.165, 1.54) is 53.2 Å². The maximum Gasteiger partial charge on any atom is 0.421 e. The second-order valence-corrected chi connectivity index (χ2v) is 8.24. The summed E-state index contributed by atoms with van der Waals surface area (Å²) in [5.74, 6) is -0.675. The molecule has 0 radical (unpaired) electrons. The van der Waals surface area contributed by atoms with E-state index in [4.69, 9.17) is 0 Å². The van der Waals surface area contributed by atoms with Gasteiger partial charge in [-0.25, -0.2) is 0 Å². The lowest BCUT2D eigenvalue weighted by Gasteiger charge is -2.04. The van der Waals surface area contributed by atoms with Gasteiger partial charge in [0.05, 0.1) is 20.6 Å². The van der Waals surface area contributed by atoms with E-state index in [-0.39, 0.29) is 22.8 Å². The van der Waals surface area contributed by atoms with Gasteiger partial charge in [0.1, 0.15) is 11.9 Å². The van der Waals surface area contributed by atoms with Gasteiger partial charge in [-0.05, 0) is 48.5 Å². The number of halogens is 1. The maximum atomic E-state index is 13.4. The van der Waals surface area contributed by atoms with Crippen LogP contribution in [0.4, 0.5) is 17.1 Å². The Labute approximate surface area is 212 Å². The number of nitrogens with one attached hydrogen (secondary N) is 1. The summed E-state index contributed by atoms with van der Waals surface area (Å²) in [6.07, 6.45) is 1.54. The molecule has 0 saturated heterocycles. The minimum Gasteiger partial charge on any atom is -0.280 e. The van der Waals surface area contributed by atoms with E-state index in [0.717, 1.165) is 10.0 Å². The molecule has 1 aromatic heterocycles. The standard InChI is InChI=1S/C24H15BrN6O5/c25-18-7-3-16(4-8-18)22-2-1-15-29(28-22)24(23(32)17-5-11-20(12-6-17)30(33)34)27-26-19-9-13-21(14-10-19)31(35)36/h1-15H/p+1. The van der Waals surface area contributed by atoms with Crippen LogP contribution >= 0.6 is 15.9 Å². The monoisotopic (exact) mass is 547 g/mol. The van der Waals surface area contributed by atoms with Gasteiger partial charge in [0.2, 0.25) is 0 Å². The molecule has 1 N–H and O–H groups in total. The molecule has 0 unspecified atom stereocenters. The highest BCUT2D eigenvalue weighted by Crippen LogP contribution is 2.19. The third kappa shape index (κ3) is 5.62. The zero-order valence-electron chi connectivity index (χ0n) is 18.3. The van der Waals surface area contributed by atoms with Crippen molar-refractivity contribution in [1.29, 1.82) is 0 Å². The van der Waals surface area contributed by atoms with Crippen molar-refractivity contribution in [3.63, 3.8) is 0 Å². The molecule has 0 aliphatic heterocycles. The largest absolute Gasteiger partial charge is 0.421 e. The van der Waals surface area contributed by atoms with Crippen LogP contribution in [0.1, 0.15) is 10.4 Å². The van der Waals surface area contributed by atoms with Crippen molar-refractivity contribution >= 4 is 44.6 Å². The van der Waals surface area contributed by atoms with Crippen molar-refractivity contribution in [2.75, 3.05) is 5.43 Å². The molecular weight excluding hydrogens is 532 g/mol. The van der Waals surface area contributed by atoms with Gasteiger partial charge in [-0.3, -0.25) is 25.0 Å². The number of non-ortho nitro benzene ring substituents is 2. The molecule has 4 aromatic rings. The smallest absolute Gasteiger partial charge is 0.280 e. The summed E-state index contributed by atoms with van der Waals surface area (Å²) in [5, 5.41) is 30.6. The summed E-state index contributed by atoms with van der Waals surface area (Å²) in [7, 11) is 0. The average Bonchev–Trinajstić information content (AvgIpc) is 2.89. The van der Waals surface area contributed by atoms with E-state index in [1.807, 2.05) is 24.3 Å². The Morgan fingerprint density at radius 3 is 2.03 bits per heavy atom. The van der Waals surface area contributed by atoms with Gasteiger partial charge in [-0.2, -0.15) is 5.43 Å². The summed E-state index contributed by atoms with van der Waals surface area (Å²) in [4.78, 5) is 34.2. The molecule has 36 heavy (non-hydrogen) atoms. The van der Waals surface area contributed by atoms with E-state index in [9.17, 15) is 25.0 Å². The fraction of sp³-hybridized carbons (Fsp3) is 0. The number of nitro groups is 2. The van der Waals surface area contributed by atoms with E-state index < -0.39 is 15.6 Å². The molecule has 0 amide bonds. The van der Waals surface area contributed by atoms with Gasteiger partial charge in [0.25, 0.3) is 17.2 Å². The van der Waals surface area contributed by atoms with Gasteiger partial charge in [-0.15, -0.1) is 0 Å². The first-order valence-corrected chi connectivity index (χ1v) is 11.1. The summed E-state index contributed by atoms with van der Waals surface area (Å²) in [6, 6.07) is 21.6. The number of carbonyl (C=O) groups is 1. The van der Waals surface area contributed by atoms with Crippen molar-refractivity contribution in [2.24, 2.45) is 5.10 Å². The van der Waals surface area contributed by atoms with E-state index in [1.54, 1.807) is 18.3 Å². The number of Topliss-reactive ketones (excluding diaryl/α,β-unsaturated/α-hetero) is 1. The van der Waals surface area contributed by atoms with Crippen LogP contribution in [-0.4, -0.2) is 26.6 Å². The number of hydrogen-bond donors (Lipinski definition) is 1. The molecule has 0 fully saturated rings. The Morgan fingerprint density at radius 2 is 1.44 bits per heavy atom. The van der Waals surface area contributed by atoms with E-state index in [2.05, 4.69) is 31.6 Å². The molecule has 1 heterocycles. The second-order valence-electron chi connectivity index (χ2n) is 7.33. The molecule has 0 atom stereocenters. The third-order valence-electron chi connectivity index (χ3n) is 4.97. The van der Waals surface area contributed by atoms with Crippen LogP contribution in [0.2, 0.25) is 0 Å². The topological polar surface area (TPSA) is 145 Å². The lowest BCUT2D eigenvalue weighted by Crippen LogP contribution is -2.51. The van der Waals surface area contributed by atoms with Gasteiger partial charge < -0.3 is 0 Å². The fourth-order valence-corrected chi connectivity index (χ4v) is 3.40.